The van der Waals surface area contributed by atoms with E-state index < -0.39 is 0 Å². The van der Waals surface area contributed by atoms with Gasteiger partial charge in [0.25, 0.3) is 0 Å². The van der Waals surface area contributed by atoms with Crippen molar-refractivity contribution in [2.24, 2.45) is 5.92 Å². The zero-order chi connectivity index (χ0) is 25.1. The molecule has 3 aliphatic carbocycles. The number of rotatable bonds is 8. The molecule has 2 aromatic carbocycles. The van der Waals surface area contributed by atoms with Gasteiger partial charge in [-0.15, -0.1) is 0 Å². The van der Waals surface area contributed by atoms with Crippen LogP contribution in [0.2, 0.25) is 0 Å². The molecule has 1 saturated heterocycles. The first-order valence-electron chi connectivity index (χ1n) is 13.8. The second-order valence-electron chi connectivity index (χ2n) is 11.5. The van der Waals surface area contributed by atoms with Crippen molar-refractivity contribution in [1.82, 2.24) is 9.80 Å². The minimum Gasteiger partial charge on any atom is -0.462 e. The summed E-state index contributed by atoms with van der Waals surface area (Å²) in [6, 6.07) is 21.7. The molecule has 36 heavy (non-hydrogen) atoms. The minimum atomic E-state index is -0.160. The van der Waals surface area contributed by atoms with Crippen molar-refractivity contribution < 1.29 is 14.6 Å². The fourth-order valence-electron chi connectivity index (χ4n) is 7.22. The molecular formula is C31H42N2O3. The minimum absolute atomic E-state index is 0.00927. The van der Waals surface area contributed by atoms with Gasteiger partial charge in [0.2, 0.25) is 0 Å². The molecule has 5 heteroatoms. The van der Waals surface area contributed by atoms with Gasteiger partial charge >= 0.3 is 5.97 Å². The summed E-state index contributed by atoms with van der Waals surface area (Å²) in [5.41, 5.74) is 2.74. The van der Waals surface area contributed by atoms with Crippen molar-refractivity contribution in [3.8, 4) is 0 Å². The maximum atomic E-state index is 13.1. The van der Waals surface area contributed by atoms with E-state index in [4.69, 9.17) is 4.74 Å². The maximum Gasteiger partial charge on any atom is 0.306 e. The predicted molar refractivity (Wildman–Crippen MR) is 143 cm³/mol. The highest BCUT2D eigenvalue weighted by molar-refractivity contribution is 5.69. The maximum absolute atomic E-state index is 13.1. The number of ether oxygens (including phenoxy) is 1. The molecule has 0 radical (unpaired) electrons. The number of esters is 1. The Morgan fingerprint density at radius 2 is 1.50 bits per heavy atom. The monoisotopic (exact) mass is 490 g/mol. The van der Waals surface area contributed by atoms with Crippen LogP contribution in [0.25, 0.3) is 0 Å². The molecule has 2 bridgehead atoms. The van der Waals surface area contributed by atoms with Crippen molar-refractivity contribution in [3.05, 3.63) is 71.8 Å². The Kier molecular flexibility index (Phi) is 7.80. The molecule has 3 unspecified atom stereocenters. The van der Waals surface area contributed by atoms with E-state index in [0.29, 0.717) is 18.3 Å². The molecule has 5 nitrogen and oxygen atoms in total. The van der Waals surface area contributed by atoms with E-state index in [1.54, 1.807) is 0 Å². The van der Waals surface area contributed by atoms with Crippen LogP contribution in [-0.2, 0) is 9.53 Å². The molecule has 2 aromatic rings. The molecule has 3 saturated carbocycles. The third-order valence-corrected chi connectivity index (χ3v) is 9.24. The van der Waals surface area contributed by atoms with Gasteiger partial charge in [-0.05, 0) is 75.7 Å². The number of hydrogen-bond acceptors (Lipinski definition) is 5. The highest BCUT2D eigenvalue weighted by Crippen LogP contribution is 2.60. The molecule has 0 spiro atoms. The van der Waals surface area contributed by atoms with Gasteiger partial charge in [-0.3, -0.25) is 4.79 Å². The molecule has 4 aliphatic rings. The van der Waals surface area contributed by atoms with Crippen LogP contribution < -0.4 is 0 Å². The number of fused-ring (bicyclic) bond motifs is 3. The topological polar surface area (TPSA) is 53.0 Å². The van der Waals surface area contributed by atoms with E-state index in [9.17, 15) is 9.90 Å². The summed E-state index contributed by atoms with van der Waals surface area (Å²) in [4.78, 5) is 17.9. The van der Waals surface area contributed by atoms with Gasteiger partial charge in [-0.2, -0.15) is 0 Å². The number of carbonyl (C=O) groups is 1. The van der Waals surface area contributed by atoms with Crippen LogP contribution in [0, 0.1) is 5.92 Å². The van der Waals surface area contributed by atoms with Crippen LogP contribution in [0.4, 0.5) is 0 Å². The van der Waals surface area contributed by atoms with Gasteiger partial charge in [0.05, 0.1) is 6.10 Å². The number of aliphatic hydroxyl groups is 1. The summed E-state index contributed by atoms with van der Waals surface area (Å²) >= 11 is 0. The van der Waals surface area contributed by atoms with Gasteiger partial charge in [-0.1, -0.05) is 60.7 Å². The number of carbonyl (C=O) groups excluding carboxylic acids is 1. The predicted octanol–water partition coefficient (Wildman–Crippen LogP) is 4.82. The van der Waals surface area contributed by atoms with Crippen LogP contribution in [-0.4, -0.2) is 72.4 Å². The van der Waals surface area contributed by atoms with Gasteiger partial charge in [0, 0.05) is 37.4 Å². The van der Waals surface area contributed by atoms with Crippen LogP contribution in [0.1, 0.15) is 67.9 Å². The lowest BCUT2D eigenvalue weighted by Crippen LogP contribution is -2.61. The van der Waals surface area contributed by atoms with Crippen molar-refractivity contribution in [2.45, 2.75) is 74.5 Å². The van der Waals surface area contributed by atoms with E-state index >= 15 is 0 Å². The van der Waals surface area contributed by atoms with Crippen LogP contribution in [0.15, 0.2) is 60.7 Å². The van der Waals surface area contributed by atoms with Gasteiger partial charge in [-0.25, -0.2) is 0 Å². The Bertz CT molecular complexity index is 938. The quantitative estimate of drug-likeness (QED) is 0.538. The largest absolute Gasteiger partial charge is 0.462 e. The molecule has 6 rings (SSSR count). The molecule has 1 N–H and O–H groups in total. The van der Waals surface area contributed by atoms with Crippen LogP contribution in [0.5, 0.6) is 0 Å². The molecule has 4 fully saturated rings. The molecular weight excluding hydrogens is 448 g/mol. The summed E-state index contributed by atoms with van der Waals surface area (Å²) in [6.07, 6.45) is 5.83. The number of hydrogen-bond donors (Lipinski definition) is 1. The Morgan fingerprint density at radius 3 is 2.03 bits per heavy atom. The van der Waals surface area contributed by atoms with E-state index in [2.05, 4.69) is 84.6 Å². The number of likely N-dealkylation sites (tertiary alicyclic amines) is 1. The molecule has 3 atom stereocenters. The van der Waals surface area contributed by atoms with Crippen molar-refractivity contribution in [2.75, 3.05) is 33.7 Å². The second kappa shape index (κ2) is 11.0. The fourth-order valence-corrected chi connectivity index (χ4v) is 7.22. The Morgan fingerprint density at radius 1 is 0.944 bits per heavy atom. The summed E-state index contributed by atoms with van der Waals surface area (Å²) in [7, 11) is 4.40. The summed E-state index contributed by atoms with van der Waals surface area (Å²) < 4.78 is 6.39. The molecule has 0 aromatic heterocycles. The van der Waals surface area contributed by atoms with Gasteiger partial charge < -0.3 is 19.6 Å². The Labute approximate surface area is 216 Å². The highest BCUT2D eigenvalue weighted by atomic mass is 16.5. The first kappa shape index (κ1) is 25.4. The fraction of sp³-hybridized carbons (Fsp3) is 0.581. The Hall–Kier alpha value is -2.21. The van der Waals surface area contributed by atoms with Gasteiger partial charge in [0.1, 0.15) is 6.10 Å². The third-order valence-electron chi connectivity index (χ3n) is 9.24. The average Bonchev–Trinajstić information content (AvgIpc) is 2.90. The standard InChI is InChI=1S/C31H42N2O3/c1-32(2)31-20-26(23-10-5-3-6-11-23)30(27(21-31)24-12-7-4-8-13-24)28(22-31)36-29(35)14-9-17-33-18-15-25(34)16-19-33/h3-8,10-13,25-28,30,34H,9,14-22H2,1-2H3. The van der Waals surface area contributed by atoms with Crippen molar-refractivity contribution in [1.29, 1.82) is 0 Å². The summed E-state index contributed by atoms with van der Waals surface area (Å²) in [5.74, 6) is 0.944. The Balaban J connectivity index is 1.34. The van der Waals surface area contributed by atoms with E-state index in [1.807, 2.05) is 0 Å². The number of nitrogens with zero attached hydrogens (tertiary/aromatic N) is 2. The average molecular weight is 491 g/mol. The van der Waals surface area contributed by atoms with Crippen molar-refractivity contribution >= 4 is 5.97 Å². The van der Waals surface area contributed by atoms with Gasteiger partial charge in [0.15, 0.2) is 0 Å². The normalized spacial score (nSPS) is 31.0. The third kappa shape index (κ3) is 5.39. The lowest BCUT2D eigenvalue weighted by Gasteiger charge is -2.60. The van der Waals surface area contributed by atoms with Crippen LogP contribution >= 0.6 is 0 Å². The van der Waals surface area contributed by atoms with E-state index in [0.717, 1.165) is 58.2 Å². The molecule has 194 valence electrons. The van der Waals surface area contributed by atoms with E-state index in [-0.39, 0.29) is 29.6 Å². The lowest BCUT2D eigenvalue weighted by molar-refractivity contribution is -0.167. The molecule has 1 heterocycles. The summed E-state index contributed by atoms with van der Waals surface area (Å²) in [5, 5.41) is 9.74. The number of aliphatic hydroxyl groups excluding tert-OH is 1. The zero-order valence-electron chi connectivity index (χ0n) is 21.9. The highest BCUT2D eigenvalue weighted by Gasteiger charge is 2.58. The van der Waals surface area contributed by atoms with Crippen LogP contribution in [0.3, 0.4) is 0 Å². The first-order chi connectivity index (χ1) is 17.4. The molecule has 1 aliphatic heterocycles. The van der Waals surface area contributed by atoms with E-state index in [1.165, 1.54) is 11.1 Å². The second-order valence-corrected chi connectivity index (χ2v) is 11.5. The smallest absolute Gasteiger partial charge is 0.306 e. The number of benzene rings is 2. The SMILES string of the molecule is CN(C)C12CC(OC(=O)CCCN3CCC(O)CC3)C(C(c3ccccc3)C1)C(c1ccccc1)C2. The first-order valence-corrected chi connectivity index (χ1v) is 13.8. The summed E-state index contributed by atoms with van der Waals surface area (Å²) in [6.45, 7) is 2.74. The lowest BCUT2D eigenvalue weighted by atomic mass is 9.52. The zero-order valence-corrected chi connectivity index (χ0v) is 21.9. The molecule has 0 amide bonds. The van der Waals surface area contributed by atoms with Crippen molar-refractivity contribution in [3.63, 3.8) is 0 Å². The number of piperidine rings is 1.